The van der Waals surface area contributed by atoms with Gasteiger partial charge in [0, 0.05) is 12.6 Å². The largest absolute Gasteiger partial charge is 0.366 e. The molecule has 0 spiro atoms. The van der Waals surface area contributed by atoms with E-state index in [0.29, 0.717) is 5.92 Å². The summed E-state index contributed by atoms with van der Waals surface area (Å²) in [5.41, 5.74) is 2.61. The molecule has 0 unspecified atom stereocenters. The molecule has 0 amide bonds. The zero-order chi connectivity index (χ0) is 13.8. The van der Waals surface area contributed by atoms with Crippen LogP contribution in [0.2, 0.25) is 0 Å². The lowest BCUT2D eigenvalue weighted by Crippen LogP contribution is -2.03. The minimum Gasteiger partial charge on any atom is -0.366 e. The summed E-state index contributed by atoms with van der Waals surface area (Å²) in [4.78, 5) is 8.53. The fraction of sp³-hybridized carbons (Fsp3) is 0.333. The molecule has 0 radical (unpaired) electrons. The zero-order valence-corrected chi connectivity index (χ0v) is 13.0. The van der Waals surface area contributed by atoms with Gasteiger partial charge in [-0.15, -0.1) is 0 Å². The van der Waals surface area contributed by atoms with Gasteiger partial charge in [0.05, 0.1) is 0 Å². The van der Waals surface area contributed by atoms with Crippen molar-refractivity contribution in [2.24, 2.45) is 0 Å². The zero-order valence-electron chi connectivity index (χ0n) is 11.4. The van der Waals surface area contributed by atoms with E-state index in [4.69, 9.17) is 0 Å². The van der Waals surface area contributed by atoms with E-state index in [-0.39, 0.29) is 0 Å². The summed E-state index contributed by atoms with van der Waals surface area (Å²) in [7, 11) is 0. The standard InChI is InChI=1S/C15H18BrN3/c1-10(2)13-6-4-12(5-7-13)9-17-15-8-14(16)18-11(3)19-15/h4-8,10H,9H2,1-3H3,(H,17,18,19). The summed E-state index contributed by atoms with van der Waals surface area (Å²) < 4.78 is 0.803. The number of aromatic nitrogens is 2. The molecule has 0 saturated heterocycles. The van der Waals surface area contributed by atoms with Gasteiger partial charge >= 0.3 is 0 Å². The second-order valence-electron chi connectivity index (χ2n) is 4.87. The highest BCUT2D eigenvalue weighted by Gasteiger charge is 2.01. The van der Waals surface area contributed by atoms with Gasteiger partial charge in [-0.3, -0.25) is 0 Å². The summed E-state index contributed by atoms with van der Waals surface area (Å²) >= 11 is 3.37. The van der Waals surface area contributed by atoms with Crippen molar-refractivity contribution in [1.82, 2.24) is 9.97 Å². The van der Waals surface area contributed by atoms with Crippen molar-refractivity contribution in [3.63, 3.8) is 0 Å². The molecule has 1 heterocycles. The number of hydrogen-bond acceptors (Lipinski definition) is 3. The van der Waals surface area contributed by atoms with Crippen LogP contribution in [0, 0.1) is 6.92 Å². The first kappa shape index (κ1) is 14.0. The lowest BCUT2D eigenvalue weighted by atomic mass is 10.0. The van der Waals surface area contributed by atoms with Crippen molar-refractivity contribution in [1.29, 1.82) is 0 Å². The quantitative estimate of drug-likeness (QED) is 0.854. The molecular weight excluding hydrogens is 302 g/mol. The molecule has 0 atom stereocenters. The number of halogens is 1. The number of rotatable bonds is 4. The third-order valence-electron chi connectivity index (χ3n) is 2.93. The van der Waals surface area contributed by atoms with Crippen LogP contribution in [-0.4, -0.2) is 9.97 Å². The highest BCUT2D eigenvalue weighted by molar-refractivity contribution is 9.10. The Morgan fingerprint density at radius 2 is 1.84 bits per heavy atom. The summed E-state index contributed by atoms with van der Waals surface area (Å²) in [5.74, 6) is 2.17. The first-order valence-corrected chi connectivity index (χ1v) is 7.18. The number of nitrogens with zero attached hydrogens (tertiary/aromatic N) is 2. The van der Waals surface area contributed by atoms with E-state index in [1.165, 1.54) is 11.1 Å². The summed E-state index contributed by atoms with van der Waals surface area (Å²) in [6.45, 7) is 7.05. The minimum atomic E-state index is 0.572. The molecule has 1 N–H and O–H groups in total. The van der Waals surface area contributed by atoms with Crippen molar-refractivity contribution < 1.29 is 0 Å². The van der Waals surface area contributed by atoms with Crippen LogP contribution in [-0.2, 0) is 6.54 Å². The normalized spacial score (nSPS) is 10.8. The second kappa shape index (κ2) is 6.15. The summed E-state index contributed by atoms with van der Waals surface area (Å²) in [6.07, 6.45) is 0. The molecule has 2 aromatic rings. The van der Waals surface area contributed by atoms with Gasteiger partial charge in [-0.05, 0) is 39.9 Å². The van der Waals surface area contributed by atoms with Crippen molar-refractivity contribution in [3.8, 4) is 0 Å². The fourth-order valence-corrected chi connectivity index (χ4v) is 2.31. The number of aryl methyl sites for hydroxylation is 1. The van der Waals surface area contributed by atoms with Crippen LogP contribution in [0.5, 0.6) is 0 Å². The van der Waals surface area contributed by atoms with Gasteiger partial charge in [0.15, 0.2) is 0 Å². The molecule has 0 aliphatic carbocycles. The van der Waals surface area contributed by atoms with Gasteiger partial charge in [0.1, 0.15) is 16.2 Å². The van der Waals surface area contributed by atoms with E-state index < -0.39 is 0 Å². The van der Waals surface area contributed by atoms with E-state index >= 15 is 0 Å². The third kappa shape index (κ3) is 4.03. The lowest BCUT2D eigenvalue weighted by Gasteiger charge is -2.09. The fourth-order valence-electron chi connectivity index (χ4n) is 1.83. The Hall–Kier alpha value is -1.42. The Bertz CT molecular complexity index is 530. The third-order valence-corrected chi connectivity index (χ3v) is 3.33. The highest BCUT2D eigenvalue weighted by atomic mass is 79.9. The van der Waals surface area contributed by atoms with E-state index in [1.54, 1.807) is 0 Å². The maximum atomic E-state index is 4.34. The Kier molecular flexibility index (Phi) is 4.53. The molecule has 0 aliphatic heterocycles. The SMILES string of the molecule is Cc1nc(Br)cc(NCc2ccc(C(C)C)cc2)n1. The topological polar surface area (TPSA) is 37.8 Å². The van der Waals surface area contributed by atoms with Gasteiger partial charge < -0.3 is 5.32 Å². The molecule has 0 bridgehead atoms. The number of anilines is 1. The average Bonchev–Trinajstić information content (AvgIpc) is 2.36. The van der Waals surface area contributed by atoms with Gasteiger partial charge in [-0.25, -0.2) is 9.97 Å². The van der Waals surface area contributed by atoms with Crippen LogP contribution in [0.3, 0.4) is 0 Å². The molecule has 1 aromatic heterocycles. The van der Waals surface area contributed by atoms with E-state index in [9.17, 15) is 0 Å². The van der Waals surface area contributed by atoms with Gasteiger partial charge in [0.25, 0.3) is 0 Å². The second-order valence-corrected chi connectivity index (χ2v) is 5.69. The molecule has 2 rings (SSSR count). The van der Waals surface area contributed by atoms with Crippen molar-refractivity contribution >= 4 is 21.7 Å². The first-order valence-electron chi connectivity index (χ1n) is 6.38. The molecule has 100 valence electrons. The predicted octanol–water partition coefficient (Wildman–Crippen LogP) is 4.28. The highest BCUT2D eigenvalue weighted by Crippen LogP contribution is 2.16. The van der Waals surface area contributed by atoms with Crippen molar-refractivity contribution in [2.45, 2.75) is 33.2 Å². The number of hydrogen-bond donors (Lipinski definition) is 1. The van der Waals surface area contributed by atoms with Crippen LogP contribution in [0.1, 0.15) is 36.7 Å². The molecule has 0 saturated carbocycles. The molecular formula is C15H18BrN3. The maximum Gasteiger partial charge on any atom is 0.131 e. The molecule has 3 nitrogen and oxygen atoms in total. The van der Waals surface area contributed by atoms with E-state index in [0.717, 1.165) is 22.8 Å². The molecule has 19 heavy (non-hydrogen) atoms. The van der Waals surface area contributed by atoms with Crippen LogP contribution >= 0.6 is 15.9 Å². The lowest BCUT2D eigenvalue weighted by molar-refractivity contribution is 0.865. The van der Waals surface area contributed by atoms with Crippen LogP contribution in [0.25, 0.3) is 0 Å². The van der Waals surface area contributed by atoms with E-state index in [1.807, 2.05) is 13.0 Å². The predicted molar refractivity (Wildman–Crippen MR) is 82.3 cm³/mol. The van der Waals surface area contributed by atoms with Gasteiger partial charge in [-0.1, -0.05) is 38.1 Å². The number of nitrogens with one attached hydrogen (secondary N) is 1. The Balaban J connectivity index is 2.02. The molecule has 0 fully saturated rings. The molecule has 0 aliphatic rings. The maximum absolute atomic E-state index is 4.34. The van der Waals surface area contributed by atoms with Crippen LogP contribution < -0.4 is 5.32 Å². The van der Waals surface area contributed by atoms with E-state index in [2.05, 4.69) is 69.3 Å². The van der Waals surface area contributed by atoms with Crippen molar-refractivity contribution in [3.05, 3.63) is 51.9 Å². The van der Waals surface area contributed by atoms with Gasteiger partial charge in [-0.2, -0.15) is 0 Å². The molecule has 1 aromatic carbocycles. The van der Waals surface area contributed by atoms with Crippen LogP contribution in [0.15, 0.2) is 34.9 Å². The van der Waals surface area contributed by atoms with Gasteiger partial charge in [0.2, 0.25) is 0 Å². The smallest absolute Gasteiger partial charge is 0.131 e. The summed E-state index contributed by atoms with van der Waals surface area (Å²) in [6, 6.07) is 10.6. The average molecular weight is 320 g/mol. The number of benzene rings is 1. The monoisotopic (exact) mass is 319 g/mol. The Morgan fingerprint density at radius 3 is 2.42 bits per heavy atom. The van der Waals surface area contributed by atoms with Crippen molar-refractivity contribution in [2.75, 3.05) is 5.32 Å². The first-order chi connectivity index (χ1) is 9.04. The van der Waals surface area contributed by atoms with Crippen LogP contribution in [0.4, 0.5) is 5.82 Å². The Labute approximate surface area is 122 Å². The summed E-state index contributed by atoms with van der Waals surface area (Å²) in [5, 5.41) is 3.31. The minimum absolute atomic E-state index is 0.572. The Morgan fingerprint density at radius 1 is 1.16 bits per heavy atom. The molecule has 4 heteroatoms.